The molecule has 1 aromatic rings. The second kappa shape index (κ2) is 4.34. The Morgan fingerprint density at radius 2 is 2.19 bits per heavy atom. The first-order valence-corrected chi connectivity index (χ1v) is 5.23. The van der Waals surface area contributed by atoms with Crippen LogP contribution in [0.4, 0.5) is 11.6 Å². The molecule has 16 heavy (non-hydrogen) atoms. The van der Waals surface area contributed by atoms with Crippen molar-refractivity contribution in [3.8, 4) is 0 Å². The first kappa shape index (κ1) is 10.7. The van der Waals surface area contributed by atoms with E-state index in [1.54, 1.807) is 0 Å². The lowest BCUT2D eigenvalue weighted by molar-refractivity contribution is 0.957. The molecule has 0 amide bonds. The highest BCUT2D eigenvalue weighted by Crippen LogP contribution is 2.13. The molecule has 0 saturated carbocycles. The molecule has 2 heterocycles. The Morgan fingerprint density at radius 3 is 2.81 bits per heavy atom. The van der Waals surface area contributed by atoms with Gasteiger partial charge in [-0.2, -0.15) is 0 Å². The summed E-state index contributed by atoms with van der Waals surface area (Å²) in [5.41, 5.74) is 0. The second-order valence-corrected chi connectivity index (χ2v) is 3.84. The molecule has 0 bridgehead atoms. The lowest BCUT2D eigenvalue weighted by atomic mass is 10.4. The molecular formula is C10H16N6. The summed E-state index contributed by atoms with van der Waals surface area (Å²) in [6.45, 7) is 3.57. The van der Waals surface area contributed by atoms with Gasteiger partial charge in [0.15, 0.2) is 5.96 Å². The molecular weight excluding hydrogens is 204 g/mol. The van der Waals surface area contributed by atoms with E-state index in [0.29, 0.717) is 0 Å². The molecule has 0 spiro atoms. The molecule has 1 aliphatic heterocycles. The molecule has 0 saturated heterocycles. The maximum absolute atomic E-state index is 4.32. The number of rotatable bonds is 2. The van der Waals surface area contributed by atoms with Crippen LogP contribution in [-0.4, -0.2) is 43.1 Å². The zero-order valence-corrected chi connectivity index (χ0v) is 9.78. The van der Waals surface area contributed by atoms with Gasteiger partial charge in [-0.05, 0) is 6.92 Å². The number of nitrogens with zero attached hydrogens (tertiary/aromatic N) is 4. The fraction of sp³-hybridized carbons (Fsp3) is 0.500. The molecule has 0 aliphatic carbocycles. The zero-order chi connectivity index (χ0) is 11.5. The van der Waals surface area contributed by atoms with Crippen molar-refractivity contribution in [2.75, 3.05) is 37.4 Å². The molecule has 2 rings (SSSR count). The predicted octanol–water partition coefficient (Wildman–Crippen LogP) is 0.222. The maximum atomic E-state index is 4.32. The van der Waals surface area contributed by atoms with Gasteiger partial charge < -0.3 is 15.5 Å². The molecule has 86 valence electrons. The summed E-state index contributed by atoms with van der Waals surface area (Å²) in [6, 6.07) is 1.90. The minimum absolute atomic E-state index is 0.743. The SMILES string of the molecule is Cc1nc(NC2=NCCN2)cc(N(C)C)n1. The largest absolute Gasteiger partial charge is 0.363 e. The van der Waals surface area contributed by atoms with Crippen molar-refractivity contribution < 1.29 is 0 Å². The predicted molar refractivity (Wildman–Crippen MR) is 65.0 cm³/mol. The summed E-state index contributed by atoms with van der Waals surface area (Å²) in [4.78, 5) is 14.8. The highest BCUT2D eigenvalue weighted by Gasteiger charge is 2.08. The molecule has 0 radical (unpaired) electrons. The van der Waals surface area contributed by atoms with E-state index in [1.807, 2.05) is 32.0 Å². The van der Waals surface area contributed by atoms with E-state index >= 15 is 0 Å². The molecule has 1 aliphatic rings. The summed E-state index contributed by atoms with van der Waals surface area (Å²) in [5.74, 6) is 3.17. The van der Waals surface area contributed by atoms with Crippen molar-refractivity contribution in [2.45, 2.75) is 6.92 Å². The third kappa shape index (κ3) is 2.39. The minimum atomic E-state index is 0.743. The van der Waals surface area contributed by atoms with Crippen LogP contribution < -0.4 is 15.5 Å². The Labute approximate surface area is 94.8 Å². The van der Waals surface area contributed by atoms with Crippen LogP contribution in [0.1, 0.15) is 5.82 Å². The van der Waals surface area contributed by atoms with Crippen molar-refractivity contribution in [1.29, 1.82) is 0 Å². The molecule has 0 fully saturated rings. The topological polar surface area (TPSA) is 65.4 Å². The van der Waals surface area contributed by atoms with E-state index < -0.39 is 0 Å². The number of hydrogen-bond donors (Lipinski definition) is 2. The van der Waals surface area contributed by atoms with E-state index in [1.165, 1.54) is 0 Å². The highest BCUT2D eigenvalue weighted by molar-refractivity contribution is 5.94. The number of hydrogen-bond acceptors (Lipinski definition) is 6. The van der Waals surface area contributed by atoms with Crippen molar-refractivity contribution in [2.24, 2.45) is 4.99 Å². The van der Waals surface area contributed by atoms with E-state index in [9.17, 15) is 0 Å². The average molecular weight is 220 g/mol. The Morgan fingerprint density at radius 1 is 1.38 bits per heavy atom. The van der Waals surface area contributed by atoms with Crippen LogP contribution in [0.25, 0.3) is 0 Å². The summed E-state index contributed by atoms with van der Waals surface area (Å²) >= 11 is 0. The van der Waals surface area contributed by atoms with Gasteiger partial charge in [-0.3, -0.25) is 4.99 Å². The third-order valence-electron chi connectivity index (χ3n) is 2.20. The number of anilines is 2. The van der Waals surface area contributed by atoms with Gasteiger partial charge in [0.2, 0.25) is 0 Å². The molecule has 1 aromatic heterocycles. The molecule has 0 aromatic carbocycles. The Bertz CT molecular complexity index is 412. The normalized spacial score (nSPS) is 14.3. The van der Waals surface area contributed by atoms with Crippen molar-refractivity contribution in [3.63, 3.8) is 0 Å². The van der Waals surface area contributed by atoms with Crippen LogP contribution in [0.3, 0.4) is 0 Å². The van der Waals surface area contributed by atoms with E-state index in [0.717, 1.165) is 36.5 Å². The van der Waals surface area contributed by atoms with Gasteiger partial charge in [0, 0.05) is 26.7 Å². The Kier molecular flexibility index (Phi) is 2.89. The van der Waals surface area contributed by atoms with E-state index in [2.05, 4.69) is 25.6 Å². The van der Waals surface area contributed by atoms with Gasteiger partial charge in [0.1, 0.15) is 17.5 Å². The van der Waals surface area contributed by atoms with Gasteiger partial charge >= 0.3 is 0 Å². The quantitative estimate of drug-likeness (QED) is 0.746. The number of aliphatic imine (C=N–C) groups is 1. The van der Waals surface area contributed by atoms with E-state index in [4.69, 9.17) is 0 Å². The minimum Gasteiger partial charge on any atom is -0.363 e. The Hall–Kier alpha value is -1.85. The van der Waals surface area contributed by atoms with Crippen LogP contribution in [-0.2, 0) is 0 Å². The van der Waals surface area contributed by atoms with Crippen molar-refractivity contribution >= 4 is 17.6 Å². The fourth-order valence-corrected chi connectivity index (χ4v) is 1.45. The van der Waals surface area contributed by atoms with Crippen LogP contribution in [0, 0.1) is 6.92 Å². The number of guanidine groups is 1. The molecule has 0 unspecified atom stereocenters. The van der Waals surface area contributed by atoms with Gasteiger partial charge in [0.05, 0.1) is 6.54 Å². The molecule has 2 N–H and O–H groups in total. The van der Waals surface area contributed by atoms with Crippen LogP contribution >= 0.6 is 0 Å². The molecule has 6 nitrogen and oxygen atoms in total. The molecule has 0 atom stereocenters. The number of aromatic nitrogens is 2. The number of nitrogens with one attached hydrogen (secondary N) is 2. The monoisotopic (exact) mass is 220 g/mol. The first-order chi connectivity index (χ1) is 7.65. The maximum Gasteiger partial charge on any atom is 0.197 e. The summed E-state index contributed by atoms with van der Waals surface area (Å²) in [6.07, 6.45) is 0. The summed E-state index contributed by atoms with van der Waals surface area (Å²) in [7, 11) is 3.91. The standard InChI is InChI=1S/C10H16N6/c1-7-13-8(6-9(14-7)16(2)3)15-10-11-4-5-12-10/h6H,4-5H2,1-3H3,(H2,11,12,13,14,15). The lowest BCUT2D eigenvalue weighted by Gasteiger charge is -2.13. The van der Waals surface area contributed by atoms with Crippen molar-refractivity contribution in [3.05, 3.63) is 11.9 Å². The first-order valence-electron chi connectivity index (χ1n) is 5.23. The van der Waals surface area contributed by atoms with Gasteiger partial charge in [0.25, 0.3) is 0 Å². The van der Waals surface area contributed by atoms with Crippen molar-refractivity contribution in [1.82, 2.24) is 15.3 Å². The average Bonchev–Trinajstić information content (AvgIpc) is 2.69. The third-order valence-corrected chi connectivity index (χ3v) is 2.20. The van der Waals surface area contributed by atoms with Crippen LogP contribution in [0.2, 0.25) is 0 Å². The van der Waals surface area contributed by atoms with Gasteiger partial charge in [-0.25, -0.2) is 9.97 Å². The highest BCUT2D eigenvalue weighted by atomic mass is 15.2. The lowest BCUT2D eigenvalue weighted by Crippen LogP contribution is -2.27. The molecule has 6 heteroatoms. The van der Waals surface area contributed by atoms with E-state index in [-0.39, 0.29) is 0 Å². The summed E-state index contributed by atoms with van der Waals surface area (Å²) in [5, 5.41) is 6.28. The zero-order valence-electron chi connectivity index (χ0n) is 9.78. The second-order valence-electron chi connectivity index (χ2n) is 3.84. The Balaban J connectivity index is 2.20. The fourth-order valence-electron chi connectivity index (χ4n) is 1.45. The van der Waals surface area contributed by atoms with Crippen LogP contribution in [0.15, 0.2) is 11.1 Å². The smallest absolute Gasteiger partial charge is 0.197 e. The van der Waals surface area contributed by atoms with Crippen LogP contribution in [0.5, 0.6) is 0 Å². The van der Waals surface area contributed by atoms with Gasteiger partial charge in [-0.15, -0.1) is 0 Å². The summed E-state index contributed by atoms with van der Waals surface area (Å²) < 4.78 is 0. The number of aryl methyl sites for hydroxylation is 1. The van der Waals surface area contributed by atoms with Gasteiger partial charge in [-0.1, -0.05) is 0 Å².